The van der Waals surface area contributed by atoms with E-state index in [0.717, 1.165) is 17.4 Å². The molecule has 0 atom stereocenters. The van der Waals surface area contributed by atoms with Gasteiger partial charge in [-0.25, -0.2) is 14.6 Å². The predicted octanol–water partition coefficient (Wildman–Crippen LogP) is 4.67. The van der Waals surface area contributed by atoms with E-state index in [9.17, 15) is 9.59 Å². The number of carbonyl (C=O) groups is 2. The van der Waals surface area contributed by atoms with Crippen molar-refractivity contribution in [2.45, 2.75) is 59.7 Å². The molecule has 0 spiro atoms. The number of carbonyl (C=O) groups excluding carboxylic acids is 2. The maximum Gasteiger partial charge on any atom is 0.410 e. The number of ether oxygens (including phenoxy) is 2. The van der Waals surface area contributed by atoms with Gasteiger partial charge < -0.3 is 19.3 Å². The summed E-state index contributed by atoms with van der Waals surface area (Å²) in [6, 6.07) is 0. The fourth-order valence-electron chi connectivity index (χ4n) is 3.42. The molecule has 1 aliphatic rings. The van der Waals surface area contributed by atoms with Crippen molar-refractivity contribution < 1.29 is 19.1 Å². The minimum Gasteiger partial charge on any atom is -0.459 e. The molecule has 0 aromatic carbocycles. The first-order valence-corrected chi connectivity index (χ1v) is 11.6. The lowest BCUT2D eigenvalue weighted by Gasteiger charge is -2.26. The first-order chi connectivity index (χ1) is 14.5. The number of halogens is 1. The molecule has 1 amide bonds. The van der Waals surface area contributed by atoms with Crippen molar-refractivity contribution in [3.8, 4) is 0 Å². The van der Waals surface area contributed by atoms with Crippen molar-refractivity contribution in [2.24, 2.45) is 0 Å². The van der Waals surface area contributed by atoms with Gasteiger partial charge in [0.05, 0.1) is 11.5 Å². The average molecular weight is 469 g/mol. The molecule has 0 N–H and O–H groups in total. The van der Waals surface area contributed by atoms with Crippen LogP contribution in [0.1, 0.15) is 56.3 Å². The number of anilines is 1. The van der Waals surface area contributed by atoms with Gasteiger partial charge in [0.2, 0.25) is 5.28 Å². The summed E-state index contributed by atoms with van der Waals surface area (Å²) in [5.41, 5.74) is 0.245. The Kier molecular flexibility index (Phi) is 6.95. The highest BCUT2D eigenvalue weighted by Gasteiger charge is 2.28. The molecule has 0 radical (unpaired) electrons. The molecule has 0 saturated carbocycles. The molecular formula is C21H29ClN4O4S. The van der Waals surface area contributed by atoms with Crippen LogP contribution in [0.4, 0.5) is 10.6 Å². The summed E-state index contributed by atoms with van der Waals surface area (Å²) >= 11 is 7.48. The molecule has 2 aromatic rings. The van der Waals surface area contributed by atoms with Crippen LogP contribution in [0.15, 0.2) is 0 Å². The average Bonchev–Trinajstić information content (AvgIpc) is 2.82. The van der Waals surface area contributed by atoms with Crippen molar-refractivity contribution in [3.05, 3.63) is 15.7 Å². The van der Waals surface area contributed by atoms with Crippen LogP contribution >= 0.6 is 22.9 Å². The highest BCUT2D eigenvalue weighted by atomic mass is 35.5. The molecular weight excluding hydrogens is 440 g/mol. The number of esters is 1. The van der Waals surface area contributed by atoms with Gasteiger partial charge in [-0.15, -0.1) is 11.3 Å². The van der Waals surface area contributed by atoms with E-state index in [-0.39, 0.29) is 23.5 Å². The van der Waals surface area contributed by atoms with E-state index in [4.69, 9.17) is 21.1 Å². The number of amides is 1. The van der Waals surface area contributed by atoms with Gasteiger partial charge in [0.25, 0.3) is 0 Å². The summed E-state index contributed by atoms with van der Waals surface area (Å²) in [7, 11) is 0. The zero-order chi connectivity index (χ0) is 22.9. The molecule has 2 aromatic heterocycles. The predicted molar refractivity (Wildman–Crippen MR) is 122 cm³/mol. The Bertz CT molecular complexity index is 986. The number of rotatable bonds is 3. The van der Waals surface area contributed by atoms with Crippen LogP contribution in [-0.2, 0) is 9.47 Å². The number of aromatic nitrogens is 2. The van der Waals surface area contributed by atoms with E-state index in [1.807, 2.05) is 41.5 Å². The second-order valence-corrected chi connectivity index (χ2v) is 10.2. The van der Waals surface area contributed by atoms with Crippen LogP contribution in [0.25, 0.3) is 10.2 Å². The molecule has 3 rings (SSSR count). The first-order valence-electron chi connectivity index (χ1n) is 10.4. The molecule has 3 heterocycles. The number of hydrogen-bond acceptors (Lipinski definition) is 8. The summed E-state index contributed by atoms with van der Waals surface area (Å²) in [6.07, 6.45) is 0.231. The lowest BCUT2D eigenvalue weighted by atomic mass is 10.2. The lowest BCUT2D eigenvalue weighted by molar-refractivity contribution is 0.0262. The monoisotopic (exact) mass is 468 g/mol. The third-order valence-corrected chi connectivity index (χ3v) is 6.05. The summed E-state index contributed by atoms with van der Waals surface area (Å²) in [6.45, 7) is 13.5. The molecule has 0 aliphatic carbocycles. The van der Waals surface area contributed by atoms with E-state index >= 15 is 0 Å². The summed E-state index contributed by atoms with van der Waals surface area (Å²) < 4.78 is 10.9. The summed E-state index contributed by atoms with van der Waals surface area (Å²) in [5.74, 6) is 0.308. The van der Waals surface area contributed by atoms with E-state index in [0.29, 0.717) is 41.7 Å². The van der Waals surface area contributed by atoms with E-state index in [1.165, 1.54) is 11.3 Å². The van der Waals surface area contributed by atoms with Crippen LogP contribution in [0.2, 0.25) is 5.28 Å². The van der Waals surface area contributed by atoms with Crippen molar-refractivity contribution in [1.82, 2.24) is 14.9 Å². The van der Waals surface area contributed by atoms with Crippen molar-refractivity contribution in [3.63, 3.8) is 0 Å². The largest absolute Gasteiger partial charge is 0.459 e. The smallest absolute Gasteiger partial charge is 0.410 e. The third-order valence-electron chi connectivity index (χ3n) is 4.72. The summed E-state index contributed by atoms with van der Waals surface area (Å²) in [4.78, 5) is 38.8. The highest BCUT2D eigenvalue weighted by molar-refractivity contribution is 7.20. The Morgan fingerprint density at radius 3 is 2.48 bits per heavy atom. The highest BCUT2D eigenvalue weighted by Crippen LogP contribution is 2.37. The second-order valence-electron chi connectivity index (χ2n) is 8.81. The lowest BCUT2D eigenvalue weighted by Crippen LogP contribution is -2.39. The Labute approximate surface area is 191 Å². The number of nitrogens with zero attached hydrogens (tertiary/aromatic N) is 4. The molecule has 8 nitrogen and oxygen atoms in total. The van der Waals surface area contributed by atoms with Crippen LogP contribution in [0.5, 0.6) is 0 Å². The van der Waals surface area contributed by atoms with E-state index in [2.05, 4.69) is 14.9 Å². The van der Waals surface area contributed by atoms with Crippen molar-refractivity contribution in [1.29, 1.82) is 0 Å². The number of fused-ring (bicyclic) bond motifs is 1. The van der Waals surface area contributed by atoms with Crippen LogP contribution in [-0.4, -0.2) is 64.8 Å². The minimum absolute atomic E-state index is 0.126. The molecule has 10 heteroatoms. The normalized spacial score (nSPS) is 15.4. The number of thiophene rings is 1. The molecule has 0 bridgehead atoms. The SMILES string of the molecule is Cc1c(C(=O)OC(C)C)sc2nc(Cl)nc(N3CCCN(C(=O)OC(C)(C)C)CC3)c12. The maximum atomic E-state index is 12.5. The van der Waals surface area contributed by atoms with Gasteiger partial charge >= 0.3 is 12.1 Å². The Hall–Kier alpha value is -2.13. The molecule has 0 unspecified atom stereocenters. The van der Waals surface area contributed by atoms with Crippen LogP contribution < -0.4 is 4.90 Å². The van der Waals surface area contributed by atoms with E-state index < -0.39 is 5.60 Å². The van der Waals surface area contributed by atoms with Gasteiger partial charge in [0.15, 0.2) is 0 Å². The minimum atomic E-state index is -0.537. The zero-order valence-electron chi connectivity index (χ0n) is 18.8. The summed E-state index contributed by atoms with van der Waals surface area (Å²) in [5, 5.41) is 0.927. The first kappa shape index (κ1) is 23.5. The van der Waals surface area contributed by atoms with E-state index in [1.54, 1.807) is 4.90 Å². The van der Waals surface area contributed by atoms with Gasteiger partial charge in [-0.2, -0.15) is 4.98 Å². The zero-order valence-corrected chi connectivity index (χ0v) is 20.4. The van der Waals surface area contributed by atoms with Gasteiger partial charge in [0, 0.05) is 26.2 Å². The Balaban J connectivity index is 1.89. The number of hydrogen-bond donors (Lipinski definition) is 0. The Morgan fingerprint density at radius 1 is 1.13 bits per heavy atom. The molecule has 1 fully saturated rings. The maximum absolute atomic E-state index is 12.5. The standard InChI is InChI=1S/C21H29ClN4O4S/c1-12(2)29-18(27)15-13(3)14-16(23-19(22)24-17(14)31-15)25-8-7-9-26(11-10-25)20(28)30-21(4,5)6/h12H,7-11H2,1-6H3. The van der Waals surface area contributed by atoms with Gasteiger partial charge in [-0.1, -0.05) is 0 Å². The molecule has 1 aliphatic heterocycles. The van der Waals surface area contributed by atoms with Crippen molar-refractivity contribution in [2.75, 3.05) is 31.1 Å². The fraction of sp³-hybridized carbons (Fsp3) is 0.619. The number of aryl methyl sites for hydroxylation is 1. The van der Waals surface area contributed by atoms with Crippen LogP contribution in [0, 0.1) is 6.92 Å². The van der Waals surface area contributed by atoms with Gasteiger partial charge in [0.1, 0.15) is 21.1 Å². The third kappa shape index (κ3) is 5.57. The molecule has 170 valence electrons. The topological polar surface area (TPSA) is 84.9 Å². The molecule has 31 heavy (non-hydrogen) atoms. The second kappa shape index (κ2) is 9.16. The van der Waals surface area contributed by atoms with Crippen LogP contribution in [0.3, 0.4) is 0 Å². The Morgan fingerprint density at radius 2 is 1.84 bits per heavy atom. The van der Waals surface area contributed by atoms with Gasteiger partial charge in [-0.3, -0.25) is 0 Å². The molecule has 1 saturated heterocycles. The quantitative estimate of drug-likeness (QED) is 0.478. The van der Waals surface area contributed by atoms with Gasteiger partial charge in [-0.05, 0) is 65.1 Å². The fourth-order valence-corrected chi connectivity index (χ4v) is 4.70. The van der Waals surface area contributed by atoms with Crippen molar-refractivity contribution >= 4 is 51.0 Å².